The maximum atomic E-state index is 9.13. The Morgan fingerprint density at radius 1 is 1.47 bits per heavy atom. The summed E-state index contributed by atoms with van der Waals surface area (Å²) in [5.41, 5.74) is 3.41. The Morgan fingerprint density at radius 2 is 2.24 bits per heavy atom. The number of rotatable bonds is 4. The average molecular weight is 229 g/mol. The zero-order valence-electron chi connectivity index (χ0n) is 10.6. The van der Waals surface area contributed by atoms with E-state index in [1.165, 1.54) is 25.7 Å². The Morgan fingerprint density at radius 3 is 2.82 bits per heavy atom. The lowest BCUT2D eigenvalue weighted by Gasteiger charge is -2.25. The lowest BCUT2D eigenvalue weighted by atomic mass is 9.83. The third-order valence-corrected chi connectivity index (χ3v) is 3.53. The van der Waals surface area contributed by atoms with Gasteiger partial charge in [0.25, 0.3) is 0 Å². The van der Waals surface area contributed by atoms with Gasteiger partial charge in [-0.15, -0.1) is 0 Å². The van der Waals surface area contributed by atoms with E-state index in [0.29, 0.717) is 5.56 Å². The number of nitrogens with zero attached hydrogens (tertiary/aromatic N) is 2. The predicted molar refractivity (Wildman–Crippen MR) is 68.9 cm³/mol. The van der Waals surface area contributed by atoms with E-state index in [0.717, 1.165) is 29.5 Å². The molecular weight excluding hydrogens is 210 g/mol. The Hall–Kier alpha value is -1.56. The van der Waals surface area contributed by atoms with Crippen LogP contribution in [0.1, 0.15) is 42.6 Å². The molecule has 3 nitrogen and oxygen atoms in total. The molecule has 1 aromatic rings. The van der Waals surface area contributed by atoms with Crippen LogP contribution in [-0.2, 0) is 0 Å². The van der Waals surface area contributed by atoms with Crippen molar-refractivity contribution in [2.24, 2.45) is 5.92 Å². The summed E-state index contributed by atoms with van der Waals surface area (Å²) in [5, 5.41) is 12.5. The lowest BCUT2D eigenvalue weighted by Crippen LogP contribution is -2.16. The summed E-state index contributed by atoms with van der Waals surface area (Å²) in [6.07, 6.45) is 5.36. The molecule has 0 aliphatic heterocycles. The molecule has 1 aliphatic rings. The molecule has 0 aromatic carbocycles. The van der Waals surface area contributed by atoms with Gasteiger partial charge in [0.1, 0.15) is 6.07 Å². The van der Waals surface area contributed by atoms with Crippen molar-refractivity contribution < 1.29 is 0 Å². The van der Waals surface area contributed by atoms with Crippen molar-refractivity contribution in [2.75, 3.05) is 11.9 Å². The molecule has 0 atom stereocenters. The van der Waals surface area contributed by atoms with E-state index in [9.17, 15) is 0 Å². The lowest BCUT2D eigenvalue weighted by molar-refractivity contribution is 0.303. The van der Waals surface area contributed by atoms with E-state index >= 15 is 0 Å². The molecule has 1 fully saturated rings. The first-order chi connectivity index (χ1) is 8.20. The van der Waals surface area contributed by atoms with Gasteiger partial charge in [-0.05, 0) is 32.3 Å². The fourth-order valence-corrected chi connectivity index (χ4v) is 2.30. The standard InChI is InChI=1S/C14H19N3/c1-10-8-14(13(9-15)11(2)17-10)16-7-6-12-4-3-5-12/h8,12H,3-7H2,1-2H3,(H,16,17). The van der Waals surface area contributed by atoms with Gasteiger partial charge in [-0.2, -0.15) is 5.26 Å². The van der Waals surface area contributed by atoms with Crippen molar-refractivity contribution in [3.05, 3.63) is 23.0 Å². The van der Waals surface area contributed by atoms with Gasteiger partial charge in [0.05, 0.1) is 16.9 Å². The molecule has 0 bridgehead atoms. The molecular formula is C14H19N3. The number of pyridine rings is 1. The number of aryl methyl sites for hydroxylation is 2. The minimum absolute atomic E-state index is 0.684. The van der Waals surface area contributed by atoms with Crippen LogP contribution in [-0.4, -0.2) is 11.5 Å². The number of nitrogens with one attached hydrogen (secondary N) is 1. The summed E-state index contributed by atoms with van der Waals surface area (Å²) in [6, 6.07) is 4.20. The molecule has 0 spiro atoms. The minimum Gasteiger partial charge on any atom is -0.384 e. The molecule has 1 heterocycles. The summed E-state index contributed by atoms with van der Waals surface area (Å²) in [5.74, 6) is 0.900. The highest BCUT2D eigenvalue weighted by atomic mass is 14.9. The first-order valence-electron chi connectivity index (χ1n) is 6.33. The molecule has 90 valence electrons. The maximum absolute atomic E-state index is 9.13. The molecule has 0 radical (unpaired) electrons. The third-order valence-electron chi connectivity index (χ3n) is 3.53. The zero-order chi connectivity index (χ0) is 12.3. The van der Waals surface area contributed by atoms with Crippen LogP contribution in [0.3, 0.4) is 0 Å². The normalized spacial score (nSPS) is 15.1. The van der Waals surface area contributed by atoms with Gasteiger partial charge in [-0.25, -0.2) is 0 Å². The second kappa shape index (κ2) is 5.18. The molecule has 0 unspecified atom stereocenters. The number of aromatic nitrogens is 1. The Bertz CT molecular complexity index is 442. The summed E-state index contributed by atoms with van der Waals surface area (Å²) in [6.45, 7) is 4.82. The van der Waals surface area contributed by atoms with Crippen LogP contribution < -0.4 is 5.32 Å². The largest absolute Gasteiger partial charge is 0.384 e. The highest BCUT2D eigenvalue weighted by molar-refractivity contribution is 5.59. The van der Waals surface area contributed by atoms with E-state index in [2.05, 4.69) is 16.4 Å². The monoisotopic (exact) mass is 229 g/mol. The topological polar surface area (TPSA) is 48.7 Å². The number of nitriles is 1. The van der Waals surface area contributed by atoms with Crippen LogP contribution >= 0.6 is 0 Å². The van der Waals surface area contributed by atoms with E-state index in [4.69, 9.17) is 5.26 Å². The Kier molecular flexibility index (Phi) is 3.63. The van der Waals surface area contributed by atoms with Crippen molar-refractivity contribution in [1.29, 1.82) is 5.26 Å². The second-order valence-corrected chi connectivity index (χ2v) is 4.90. The third kappa shape index (κ3) is 2.76. The molecule has 2 rings (SSSR count). The maximum Gasteiger partial charge on any atom is 0.103 e. The van der Waals surface area contributed by atoms with Crippen molar-refractivity contribution >= 4 is 5.69 Å². The molecule has 1 aromatic heterocycles. The fourth-order valence-electron chi connectivity index (χ4n) is 2.30. The zero-order valence-corrected chi connectivity index (χ0v) is 10.6. The first kappa shape index (κ1) is 11.9. The molecule has 0 amide bonds. The van der Waals surface area contributed by atoms with Gasteiger partial charge in [0, 0.05) is 12.2 Å². The molecule has 17 heavy (non-hydrogen) atoms. The Labute approximate surface area is 103 Å². The van der Waals surface area contributed by atoms with Crippen molar-refractivity contribution in [3.63, 3.8) is 0 Å². The van der Waals surface area contributed by atoms with Crippen LogP contribution in [0.2, 0.25) is 0 Å². The summed E-state index contributed by atoms with van der Waals surface area (Å²) in [4.78, 5) is 4.31. The summed E-state index contributed by atoms with van der Waals surface area (Å²) >= 11 is 0. The fraction of sp³-hybridized carbons (Fsp3) is 0.571. The van der Waals surface area contributed by atoms with Crippen LogP contribution in [0, 0.1) is 31.1 Å². The molecule has 1 aliphatic carbocycles. The number of anilines is 1. The second-order valence-electron chi connectivity index (χ2n) is 4.90. The van der Waals surface area contributed by atoms with Crippen molar-refractivity contribution in [2.45, 2.75) is 39.5 Å². The van der Waals surface area contributed by atoms with Gasteiger partial charge < -0.3 is 5.32 Å². The molecule has 1 saturated carbocycles. The van der Waals surface area contributed by atoms with Gasteiger partial charge >= 0.3 is 0 Å². The van der Waals surface area contributed by atoms with Gasteiger partial charge in [0.15, 0.2) is 0 Å². The molecule has 0 saturated heterocycles. The predicted octanol–water partition coefficient (Wildman–Crippen LogP) is 3.17. The van der Waals surface area contributed by atoms with Crippen LogP contribution in [0.15, 0.2) is 6.07 Å². The Balaban J connectivity index is 2.01. The molecule has 3 heteroatoms. The average Bonchev–Trinajstić information content (AvgIpc) is 2.21. The van der Waals surface area contributed by atoms with Crippen LogP contribution in [0.4, 0.5) is 5.69 Å². The summed E-state index contributed by atoms with van der Waals surface area (Å²) in [7, 11) is 0. The first-order valence-corrected chi connectivity index (χ1v) is 6.33. The van der Waals surface area contributed by atoms with Gasteiger partial charge in [-0.1, -0.05) is 19.3 Å². The highest BCUT2D eigenvalue weighted by Crippen LogP contribution is 2.29. The van der Waals surface area contributed by atoms with E-state index in [-0.39, 0.29) is 0 Å². The van der Waals surface area contributed by atoms with Crippen LogP contribution in [0.25, 0.3) is 0 Å². The SMILES string of the molecule is Cc1cc(NCCC2CCC2)c(C#N)c(C)n1. The van der Waals surface area contributed by atoms with Crippen molar-refractivity contribution in [1.82, 2.24) is 4.98 Å². The van der Waals surface area contributed by atoms with Gasteiger partial charge in [0.2, 0.25) is 0 Å². The summed E-state index contributed by atoms with van der Waals surface area (Å²) < 4.78 is 0. The number of hydrogen-bond acceptors (Lipinski definition) is 3. The number of hydrogen-bond donors (Lipinski definition) is 1. The van der Waals surface area contributed by atoms with E-state index in [1.807, 2.05) is 19.9 Å². The smallest absolute Gasteiger partial charge is 0.103 e. The van der Waals surface area contributed by atoms with Gasteiger partial charge in [-0.3, -0.25) is 4.98 Å². The molecule has 1 N–H and O–H groups in total. The minimum atomic E-state index is 0.684. The van der Waals surface area contributed by atoms with E-state index < -0.39 is 0 Å². The highest BCUT2D eigenvalue weighted by Gasteiger charge is 2.16. The quantitative estimate of drug-likeness (QED) is 0.862. The van der Waals surface area contributed by atoms with E-state index in [1.54, 1.807) is 0 Å². The van der Waals surface area contributed by atoms with Crippen molar-refractivity contribution in [3.8, 4) is 6.07 Å². The van der Waals surface area contributed by atoms with Crippen LogP contribution in [0.5, 0.6) is 0 Å².